The lowest BCUT2D eigenvalue weighted by Crippen LogP contribution is -3.29. The zero-order valence-corrected chi connectivity index (χ0v) is 13.0. The molecule has 0 aromatic heterocycles. The fourth-order valence-corrected chi connectivity index (χ4v) is 5.47. The maximum absolute atomic E-state index is 11.6. The molecule has 2 atom stereocenters. The zero-order valence-electron chi connectivity index (χ0n) is 12.2. The number of rotatable bonds is 3. The van der Waals surface area contributed by atoms with Crippen LogP contribution in [0.3, 0.4) is 0 Å². The molecule has 2 saturated heterocycles. The Bertz CT molecular complexity index is 568. The summed E-state index contributed by atoms with van der Waals surface area (Å²) in [5.41, 5.74) is 1.35. The Kier molecular flexibility index (Phi) is 4.31. The van der Waals surface area contributed by atoms with Gasteiger partial charge in [-0.2, -0.15) is 0 Å². The van der Waals surface area contributed by atoms with Gasteiger partial charge in [0.1, 0.15) is 50.6 Å². The van der Waals surface area contributed by atoms with E-state index in [0.29, 0.717) is 0 Å². The Hall–Kier alpha value is -0.950. The van der Waals surface area contributed by atoms with Gasteiger partial charge in [0, 0.05) is 5.56 Å². The van der Waals surface area contributed by atoms with Crippen molar-refractivity contribution in [3.05, 3.63) is 35.9 Å². The Morgan fingerprint density at radius 2 is 1.71 bits per heavy atom. The molecule has 0 saturated carbocycles. The molecule has 0 amide bonds. The summed E-state index contributed by atoms with van der Waals surface area (Å²) in [6, 6.07) is 10.3. The van der Waals surface area contributed by atoms with Crippen molar-refractivity contribution in [1.82, 2.24) is 0 Å². The first-order valence-electron chi connectivity index (χ1n) is 7.64. The van der Waals surface area contributed by atoms with Gasteiger partial charge < -0.3 is 14.9 Å². The molecule has 2 fully saturated rings. The average Bonchev–Trinajstić information content (AvgIpc) is 2.74. The molecular weight excluding hydrogens is 288 g/mol. The number of hydrogen-bond donors (Lipinski definition) is 3. The maximum Gasteiger partial charge on any atom is 0.159 e. The molecule has 6 heteroatoms. The van der Waals surface area contributed by atoms with Gasteiger partial charge in [-0.15, -0.1) is 0 Å². The summed E-state index contributed by atoms with van der Waals surface area (Å²) in [5.74, 6) is 0.0965. The lowest BCUT2D eigenvalue weighted by molar-refractivity contribution is -1.03. The average molecular weight is 312 g/mol. The van der Waals surface area contributed by atoms with E-state index in [1.54, 1.807) is 4.90 Å². The lowest BCUT2D eigenvalue weighted by atomic mass is 10.1. The highest BCUT2D eigenvalue weighted by Gasteiger charge is 2.44. The molecule has 0 spiro atoms. The number of aliphatic hydroxyl groups is 1. The number of benzene rings is 1. The quantitative estimate of drug-likeness (QED) is 0.562. The number of aliphatic hydroxyl groups excluding tert-OH is 1. The molecule has 0 aliphatic carbocycles. The summed E-state index contributed by atoms with van der Waals surface area (Å²) in [5, 5.41) is 9.97. The van der Waals surface area contributed by atoms with Crippen molar-refractivity contribution in [2.24, 2.45) is 0 Å². The number of quaternary nitrogens is 2. The van der Waals surface area contributed by atoms with Crippen LogP contribution in [0, 0.1) is 0 Å². The maximum atomic E-state index is 11.6. The first kappa shape index (κ1) is 15.0. The van der Waals surface area contributed by atoms with E-state index in [2.05, 4.69) is 24.3 Å². The van der Waals surface area contributed by atoms with Crippen LogP contribution in [0.5, 0.6) is 0 Å². The Labute approximate surface area is 126 Å². The SMILES string of the molecule is O=S1(=O)C[C@H](O)[C@@H]([NH+]2CC[NH+](Cc3ccccc3)CC2)C1. The molecule has 0 bridgehead atoms. The minimum atomic E-state index is -3.03. The Balaban J connectivity index is 1.54. The molecule has 0 radical (unpaired) electrons. The molecule has 2 heterocycles. The fraction of sp³-hybridized carbons (Fsp3) is 0.600. The second-order valence-electron chi connectivity index (χ2n) is 6.32. The third-order valence-corrected chi connectivity index (χ3v) is 6.46. The summed E-state index contributed by atoms with van der Waals surface area (Å²) >= 11 is 0. The van der Waals surface area contributed by atoms with Crippen LogP contribution in [0.4, 0.5) is 0 Å². The highest BCUT2D eigenvalue weighted by Crippen LogP contribution is 2.10. The van der Waals surface area contributed by atoms with Gasteiger partial charge in [0.2, 0.25) is 0 Å². The van der Waals surface area contributed by atoms with E-state index in [9.17, 15) is 13.5 Å². The van der Waals surface area contributed by atoms with Gasteiger partial charge >= 0.3 is 0 Å². The predicted molar refractivity (Wildman–Crippen MR) is 80.0 cm³/mol. The van der Waals surface area contributed by atoms with E-state index in [0.717, 1.165) is 32.7 Å². The third-order valence-electron chi connectivity index (χ3n) is 4.74. The molecule has 116 valence electrons. The standard InChI is InChI=1S/C15H22N2O3S/c18-15-12-21(19,20)11-14(15)17-8-6-16(7-9-17)10-13-4-2-1-3-5-13/h1-5,14-15,18H,6-12H2/p+2/t14-,15-/m0/s1. The number of sulfone groups is 1. The minimum Gasteiger partial charge on any atom is -0.386 e. The van der Waals surface area contributed by atoms with Crippen LogP contribution in [0.1, 0.15) is 5.56 Å². The Morgan fingerprint density at radius 1 is 1.05 bits per heavy atom. The Morgan fingerprint density at radius 3 is 2.29 bits per heavy atom. The van der Waals surface area contributed by atoms with Gasteiger partial charge in [0.25, 0.3) is 0 Å². The first-order chi connectivity index (χ1) is 10.0. The first-order valence-corrected chi connectivity index (χ1v) is 9.46. The van der Waals surface area contributed by atoms with E-state index in [-0.39, 0.29) is 17.5 Å². The number of hydrogen-bond acceptors (Lipinski definition) is 3. The van der Waals surface area contributed by atoms with Crippen molar-refractivity contribution in [2.75, 3.05) is 37.7 Å². The van der Waals surface area contributed by atoms with Crippen molar-refractivity contribution < 1.29 is 23.3 Å². The summed E-state index contributed by atoms with van der Waals surface area (Å²) in [4.78, 5) is 2.81. The van der Waals surface area contributed by atoms with Gasteiger partial charge in [0.05, 0.1) is 5.75 Å². The highest BCUT2D eigenvalue weighted by atomic mass is 32.2. The molecular formula is C15H24N2O3S+2. The second kappa shape index (κ2) is 6.04. The molecule has 21 heavy (non-hydrogen) atoms. The van der Waals surface area contributed by atoms with Crippen LogP contribution in [0.25, 0.3) is 0 Å². The topological polar surface area (TPSA) is 63.2 Å². The van der Waals surface area contributed by atoms with E-state index in [1.165, 1.54) is 10.5 Å². The molecule has 3 N–H and O–H groups in total. The van der Waals surface area contributed by atoms with Crippen molar-refractivity contribution in [3.63, 3.8) is 0 Å². The van der Waals surface area contributed by atoms with Gasteiger partial charge in [0.15, 0.2) is 9.84 Å². The van der Waals surface area contributed by atoms with Gasteiger partial charge in [-0.3, -0.25) is 0 Å². The normalized spacial score (nSPS) is 35.7. The second-order valence-corrected chi connectivity index (χ2v) is 8.48. The van der Waals surface area contributed by atoms with E-state index < -0.39 is 15.9 Å². The van der Waals surface area contributed by atoms with Crippen LogP contribution < -0.4 is 9.80 Å². The molecule has 0 unspecified atom stereocenters. The summed E-state index contributed by atoms with van der Waals surface area (Å²) in [6.45, 7) is 4.99. The van der Waals surface area contributed by atoms with E-state index >= 15 is 0 Å². The largest absolute Gasteiger partial charge is 0.386 e. The predicted octanol–water partition coefficient (Wildman–Crippen LogP) is -2.87. The fourth-order valence-electron chi connectivity index (χ4n) is 3.58. The molecule has 5 nitrogen and oxygen atoms in total. The van der Waals surface area contributed by atoms with Crippen LogP contribution in [0.2, 0.25) is 0 Å². The van der Waals surface area contributed by atoms with Gasteiger partial charge in [-0.05, 0) is 0 Å². The lowest BCUT2D eigenvalue weighted by Gasteiger charge is -2.33. The van der Waals surface area contributed by atoms with Crippen molar-refractivity contribution in [2.45, 2.75) is 18.7 Å². The van der Waals surface area contributed by atoms with Crippen LogP contribution in [-0.4, -0.2) is 63.4 Å². The smallest absolute Gasteiger partial charge is 0.159 e. The van der Waals surface area contributed by atoms with Gasteiger partial charge in [-0.25, -0.2) is 8.42 Å². The third kappa shape index (κ3) is 3.63. The monoisotopic (exact) mass is 312 g/mol. The summed E-state index contributed by atoms with van der Waals surface area (Å²) in [7, 11) is -3.03. The molecule has 2 aliphatic rings. The summed E-state index contributed by atoms with van der Waals surface area (Å²) < 4.78 is 23.2. The number of nitrogens with one attached hydrogen (secondary N) is 2. The van der Waals surface area contributed by atoms with Crippen molar-refractivity contribution >= 4 is 9.84 Å². The minimum absolute atomic E-state index is 0.0538. The van der Waals surface area contributed by atoms with Gasteiger partial charge in [-0.1, -0.05) is 30.3 Å². The van der Waals surface area contributed by atoms with Crippen LogP contribution in [0.15, 0.2) is 30.3 Å². The highest BCUT2D eigenvalue weighted by molar-refractivity contribution is 7.91. The number of piperazine rings is 1. The molecule has 3 rings (SSSR count). The van der Waals surface area contributed by atoms with Crippen LogP contribution in [-0.2, 0) is 16.4 Å². The van der Waals surface area contributed by atoms with Crippen molar-refractivity contribution in [3.8, 4) is 0 Å². The molecule has 2 aliphatic heterocycles. The van der Waals surface area contributed by atoms with E-state index in [4.69, 9.17) is 0 Å². The van der Waals surface area contributed by atoms with Crippen LogP contribution >= 0.6 is 0 Å². The molecule has 1 aromatic carbocycles. The van der Waals surface area contributed by atoms with Crippen molar-refractivity contribution in [1.29, 1.82) is 0 Å². The summed E-state index contributed by atoms with van der Waals surface area (Å²) in [6.07, 6.45) is -0.680. The zero-order chi connectivity index (χ0) is 14.9. The van der Waals surface area contributed by atoms with E-state index in [1.807, 2.05) is 6.07 Å². The molecule has 1 aromatic rings.